The van der Waals surface area contributed by atoms with Gasteiger partial charge in [-0.3, -0.25) is 9.78 Å². The van der Waals surface area contributed by atoms with Gasteiger partial charge in [0.25, 0.3) is 5.56 Å². The molecular formula is C25H20N2O2. The van der Waals surface area contributed by atoms with Gasteiger partial charge in [0.05, 0.1) is 23.8 Å². The van der Waals surface area contributed by atoms with Crippen molar-refractivity contribution in [2.45, 2.75) is 24.8 Å². The minimum atomic E-state index is 0.0826. The first-order chi connectivity index (χ1) is 14.3. The van der Waals surface area contributed by atoms with Gasteiger partial charge in [-0.25, -0.2) is 0 Å². The van der Waals surface area contributed by atoms with E-state index in [1.165, 1.54) is 0 Å². The largest absolute Gasteiger partial charge is 0.501 e. The van der Waals surface area contributed by atoms with E-state index in [2.05, 4.69) is 24.3 Å². The van der Waals surface area contributed by atoms with Crippen LogP contribution in [0.1, 0.15) is 36.1 Å². The average molecular weight is 380 g/mol. The zero-order valence-electron chi connectivity index (χ0n) is 15.9. The van der Waals surface area contributed by atoms with Crippen LogP contribution >= 0.6 is 0 Å². The van der Waals surface area contributed by atoms with Crippen molar-refractivity contribution < 1.29 is 4.74 Å². The molecule has 6 rings (SSSR count). The van der Waals surface area contributed by atoms with Crippen molar-refractivity contribution in [2.24, 2.45) is 0 Å². The monoisotopic (exact) mass is 380 g/mol. The Bertz CT molecular complexity index is 1350. The number of para-hydroxylation sites is 1. The highest BCUT2D eigenvalue weighted by Gasteiger charge is 2.41. The molecule has 0 bridgehead atoms. The highest BCUT2D eigenvalue weighted by Crippen LogP contribution is 2.50. The molecule has 0 unspecified atom stereocenters. The summed E-state index contributed by atoms with van der Waals surface area (Å²) in [6.45, 7) is 0.686. The summed E-state index contributed by atoms with van der Waals surface area (Å²) >= 11 is 0. The highest BCUT2D eigenvalue weighted by atomic mass is 16.5. The number of fused-ring (bicyclic) bond motifs is 2. The maximum absolute atomic E-state index is 13.5. The normalized spacial score (nSPS) is 20.6. The summed E-state index contributed by atoms with van der Waals surface area (Å²) in [6.07, 6.45) is 5.54. The second kappa shape index (κ2) is 6.31. The first-order valence-electron chi connectivity index (χ1n) is 10.1. The van der Waals surface area contributed by atoms with E-state index in [1.807, 2.05) is 47.2 Å². The van der Waals surface area contributed by atoms with Gasteiger partial charge in [-0.2, -0.15) is 0 Å². The first kappa shape index (κ1) is 16.5. The Balaban J connectivity index is 1.41. The fourth-order valence-electron chi connectivity index (χ4n) is 4.51. The Kier molecular flexibility index (Phi) is 3.60. The van der Waals surface area contributed by atoms with E-state index in [4.69, 9.17) is 9.72 Å². The molecule has 29 heavy (non-hydrogen) atoms. The molecule has 1 saturated carbocycles. The first-order valence-corrected chi connectivity index (χ1v) is 10.1. The maximum atomic E-state index is 13.5. The Morgan fingerprint density at radius 2 is 1.86 bits per heavy atom. The van der Waals surface area contributed by atoms with Crippen LogP contribution in [0.4, 0.5) is 0 Å². The van der Waals surface area contributed by atoms with Crippen LogP contribution < -0.4 is 5.56 Å². The van der Waals surface area contributed by atoms with Crippen molar-refractivity contribution in [3.8, 4) is 0 Å². The molecule has 2 aliphatic rings. The van der Waals surface area contributed by atoms with Crippen LogP contribution in [0.5, 0.6) is 0 Å². The van der Waals surface area contributed by atoms with Crippen molar-refractivity contribution in [3.05, 3.63) is 94.7 Å². The molecule has 1 aliphatic heterocycles. The van der Waals surface area contributed by atoms with Crippen molar-refractivity contribution in [1.29, 1.82) is 0 Å². The minimum Gasteiger partial charge on any atom is -0.501 e. The number of nitrogens with zero attached hydrogens (tertiary/aromatic N) is 2. The average Bonchev–Trinajstić information content (AvgIpc) is 3.36. The van der Waals surface area contributed by atoms with E-state index in [0.29, 0.717) is 6.61 Å². The highest BCUT2D eigenvalue weighted by molar-refractivity contribution is 5.93. The van der Waals surface area contributed by atoms with E-state index in [1.54, 1.807) is 6.26 Å². The summed E-state index contributed by atoms with van der Waals surface area (Å²) in [5.41, 5.74) is 4.27. The quantitative estimate of drug-likeness (QED) is 0.500. The summed E-state index contributed by atoms with van der Waals surface area (Å²) < 4.78 is 7.33. The van der Waals surface area contributed by atoms with E-state index in [9.17, 15) is 4.79 Å². The molecule has 1 fully saturated rings. The maximum Gasteiger partial charge on any atom is 0.259 e. The molecule has 4 aromatic rings. The predicted molar refractivity (Wildman–Crippen MR) is 115 cm³/mol. The van der Waals surface area contributed by atoms with Gasteiger partial charge in [-0.15, -0.1) is 0 Å². The lowest BCUT2D eigenvalue weighted by atomic mass is 9.99. The lowest BCUT2D eigenvalue weighted by molar-refractivity contribution is 0.281. The number of ether oxygens (including phenoxy) is 1. The predicted octanol–water partition coefficient (Wildman–Crippen LogP) is 5.04. The molecule has 1 aliphatic carbocycles. The van der Waals surface area contributed by atoms with Crippen LogP contribution in [0, 0.1) is 0 Å². The number of pyridine rings is 2. The lowest BCUT2D eigenvalue weighted by Gasteiger charge is -2.11. The van der Waals surface area contributed by atoms with Crippen molar-refractivity contribution in [1.82, 2.24) is 9.55 Å². The smallest absolute Gasteiger partial charge is 0.259 e. The Morgan fingerprint density at radius 3 is 2.76 bits per heavy atom. The molecule has 2 aromatic carbocycles. The number of aromatic nitrogens is 2. The fraction of sp³-hybridized carbons (Fsp3) is 0.200. The van der Waals surface area contributed by atoms with Gasteiger partial charge in [0.1, 0.15) is 0 Å². The zero-order valence-corrected chi connectivity index (χ0v) is 15.9. The molecule has 0 saturated heterocycles. The number of benzene rings is 2. The third kappa shape index (κ3) is 2.67. The summed E-state index contributed by atoms with van der Waals surface area (Å²) in [4.78, 5) is 18.3. The minimum absolute atomic E-state index is 0.0826. The zero-order chi connectivity index (χ0) is 19.4. The third-order valence-corrected chi connectivity index (χ3v) is 6.13. The van der Waals surface area contributed by atoms with Gasteiger partial charge in [0.2, 0.25) is 0 Å². The van der Waals surface area contributed by atoms with Gasteiger partial charge in [-0.05, 0) is 41.1 Å². The molecule has 2 aromatic heterocycles. The van der Waals surface area contributed by atoms with Gasteiger partial charge >= 0.3 is 0 Å². The molecule has 4 heteroatoms. The molecule has 3 heterocycles. The molecule has 142 valence electrons. The van der Waals surface area contributed by atoms with Gasteiger partial charge < -0.3 is 9.30 Å². The molecule has 0 spiro atoms. The molecule has 2 atom stereocenters. The summed E-state index contributed by atoms with van der Waals surface area (Å²) in [7, 11) is 0. The van der Waals surface area contributed by atoms with E-state index < -0.39 is 0 Å². The molecule has 0 N–H and O–H groups in total. The SMILES string of the molecule is O=c1c2c(C3=COCC3)cccc2ccn1[C@@H]1C[C@@H]1c1ccc2ccccc2n1. The van der Waals surface area contributed by atoms with E-state index >= 15 is 0 Å². The topological polar surface area (TPSA) is 44.1 Å². The molecular weight excluding hydrogens is 360 g/mol. The van der Waals surface area contributed by atoms with Gasteiger partial charge in [-0.1, -0.05) is 42.5 Å². The Labute approximate surface area is 168 Å². The molecule has 0 amide bonds. The standard InChI is InChI=1S/C25H20N2O2/c28-25-24-17(5-3-6-19(24)18-11-13-29-15-18)10-12-27(25)23-14-20(23)22-9-8-16-4-1-2-7-21(16)26-22/h1-10,12,15,20,23H,11,13-14H2/t20-,23-/m1/s1. The van der Waals surface area contributed by atoms with E-state index in [0.717, 1.165) is 51.3 Å². The second-order valence-corrected chi connectivity index (χ2v) is 7.90. The second-order valence-electron chi connectivity index (χ2n) is 7.90. The van der Waals surface area contributed by atoms with Gasteiger partial charge in [0.15, 0.2) is 0 Å². The summed E-state index contributed by atoms with van der Waals surface area (Å²) in [6, 6.07) is 20.7. The Hall–Kier alpha value is -3.40. The summed E-state index contributed by atoms with van der Waals surface area (Å²) in [5, 5.41) is 2.93. The molecule has 4 nitrogen and oxygen atoms in total. The molecule has 0 radical (unpaired) electrons. The third-order valence-electron chi connectivity index (χ3n) is 6.13. The van der Waals surface area contributed by atoms with Crippen molar-refractivity contribution in [3.63, 3.8) is 0 Å². The van der Waals surface area contributed by atoms with Crippen LogP contribution in [-0.2, 0) is 4.74 Å². The lowest BCUT2D eigenvalue weighted by Crippen LogP contribution is -2.20. The van der Waals surface area contributed by atoms with Crippen LogP contribution in [0.25, 0.3) is 27.2 Å². The summed E-state index contributed by atoms with van der Waals surface area (Å²) in [5.74, 6) is 0.288. The van der Waals surface area contributed by atoms with Crippen molar-refractivity contribution >= 4 is 27.2 Å². The van der Waals surface area contributed by atoms with Crippen molar-refractivity contribution in [2.75, 3.05) is 6.61 Å². The Morgan fingerprint density at radius 1 is 0.966 bits per heavy atom. The van der Waals surface area contributed by atoms with Gasteiger partial charge in [0, 0.05) is 35.7 Å². The van der Waals surface area contributed by atoms with Crippen LogP contribution in [-0.4, -0.2) is 16.2 Å². The number of hydrogen-bond donors (Lipinski definition) is 0. The van der Waals surface area contributed by atoms with Crippen LogP contribution in [0.15, 0.2) is 77.9 Å². The number of hydrogen-bond acceptors (Lipinski definition) is 3. The fourth-order valence-corrected chi connectivity index (χ4v) is 4.51. The van der Waals surface area contributed by atoms with E-state index in [-0.39, 0.29) is 17.5 Å². The number of rotatable bonds is 3. The van der Waals surface area contributed by atoms with Crippen LogP contribution in [0.2, 0.25) is 0 Å². The van der Waals surface area contributed by atoms with Crippen LogP contribution in [0.3, 0.4) is 0 Å².